The summed E-state index contributed by atoms with van der Waals surface area (Å²) in [5.41, 5.74) is 0.431. The fourth-order valence-corrected chi connectivity index (χ4v) is 3.01. The van der Waals surface area contributed by atoms with E-state index in [2.05, 4.69) is 0 Å². The number of carbonyl (C=O) groups is 1. The fourth-order valence-electron chi connectivity index (χ4n) is 3.01. The topological polar surface area (TPSA) is 92.9 Å². The highest BCUT2D eigenvalue weighted by Gasteiger charge is 2.42. The number of hydrogen-bond acceptors (Lipinski definition) is 5. The predicted molar refractivity (Wildman–Crippen MR) is 72.9 cm³/mol. The van der Waals surface area contributed by atoms with Gasteiger partial charge in [-0.15, -0.1) is 0 Å². The maximum atomic E-state index is 12.0. The Labute approximate surface area is 121 Å². The van der Waals surface area contributed by atoms with Gasteiger partial charge in [0.05, 0.1) is 11.0 Å². The molecule has 1 aromatic rings. The first-order chi connectivity index (χ1) is 9.99. The van der Waals surface area contributed by atoms with Crippen LogP contribution in [0.5, 0.6) is 5.75 Å². The van der Waals surface area contributed by atoms with Crippen molar-refractivity contribution >= 4 is 11.6 Å². The van der Waals surface area contributed by atoms with Gasteiger partial charge in [0.25, 0.3) is 5.69 Å². The monoisotopic (exact) mass is 292 g/mol. The smallest absolute Gasteiger partial charge is 0.270 e. The Morgan fingerprint density at radius 1 is 1.48 bits per heavy atom. The zero-order valence-electron chi connectivity index (χ0n) is 11.6. The van der Waals surface area contributed by atoms with E-state index < -0.39 is 23.2 Å². The van der Waals surface area contributed by atoms with E-state index in [0.717, 1.165) is 6.42 Å². The third-order valence-corrected chi connectivity index (χ3v) is 4.09. The molecule has 1 N–H and O–H groups in total. The summed E-state index contributed by atoms with van der Waals surface area (Å²) < 4.78 is 5.59. The highest BCUT2D eigenvalue weighted by Crippen LogP contribution is 2.41. The van der Waals surface area contributed by atoms with Gasteiger partial charge in [-0.25, -0.2) is 0 Å². The molecular weight excluding hydrogens is 276 g/mol. The lowest BCUT2D eigenvalue weighted by Crippen LogP contribution is -2.47. The van der Waals surface area contributed by atoms with Gasteiger partial charge in [0.2, 0.25) is 5.91 Å². The lowest BCUT2D eigenvalue weighted by Gasteiger charge is -2.39. The van der Waals surface area contributed by atoms with Crippen LogP contribution in [0.15, 0.2) is 18.2 Å². The number of aliphatic hydroxyl groups is 1. The minimum Gasteiger partial charge on any atom is -0.488 e. The summed E-state index contributed by atoms with van der Waals surface area (Å²) in [5.74, 6) is 0.453. The van der Waals surface area contributed by atoms with Gasteiger partial charge in [-0.3, -0.25) is 14.9 Å². The molecule has 1 unspecified atom stereocenters. The number of nitro benzene ring substituents is 1. The maximum Gasteiger partial charge on any atom is 0.270 e. The molecule has 7 heteroatoms. The molecule has 3 atom stereocenters. The molecule has 3 rings (SSSR count). The zero-order valence-corrected chi connectivity index (χ0v) is 11.6. The molecule has 0 saturated carbocycles. The Morgan fingerprint density at radius 3 is 2.86 bits per heavy atom. The summed E-state index contributed by atoms with van der Waals surface area (Å²) >= 11 is 0. The van der Waals surface area contributed by atoms with Crippen molar-refractivity contribution in [2.45, 2.75) is 38.0 Å². The Morgan fingerprint density at radius 2 is 2.24 bits per heavy atom. The van der Waals surface area contributed by atoms with Crippen molar-refractivity contribution in [3.05, 3.63) is 33.9 Å². The molecule has 21 heavy (non-hydrogen) atoms. The zero-order chi connectivity index (χ0) is 15.1. The van der Waals surface area contributed by atoms with Gasteiger partial charge in [0.15, 0.2) is 0 Å². The molecule has 1 fully saturated rings. The molecule has 7 nitrogen and oxygen atoms in total. The summed E-state index contributed by atoms with van der Waals surface area (Å²) in [7, 11) is 0. The summed E-state index contributed by atoms with van der Waals surface area (Å²) in [6.07, 6.45) is -0.191. The number of ether oxygens (including phenoxy) is 1. The molecule has 1 aromatic carbocycles. The number of nitro groups is 1. The van der Waals surface area contributed by atoms with Crippen molar-refractivity contribution < 1.29 is 19.6 Å². The highest BCUT2D eigenvalue weighted by molar-refractivity contribution is 5.79. The number of fused-ring (bicyclic) bond motifs is 1. The lowest BCUT2D eigenvalue weighted by molar-refractivity contribution is -0.385. The van der Waals surface area contributed by atoms with Gasteiger partial charge in [-0.2, -0.15) is 0 Å². The van der Waals surface area contributed by atoms with Crippen molar-refractivity contribution in [1.29, 1.82) is 0 Å². The SMILES string of the molecule is CC1Oc2ccc([N+](=O)[O-])cc2[C@H](N2CCCC2=O)[C@H]1O. The summed E-state index contributed by atoms with van der Waals surface area (Å²) in [6.45, 7) is 2.28. The number of benzene rings is 1. The minimum atomic E-state index is -0.901. The number of non-ortho nitro benzene ring substituents is 1. The summed E-state index contributed by atoms with van der Waals surface area (Å²) in [5, 5.41) is 21.3. The number of aliphatic hydroxyl groups excluding tert-OH is 1. The molecule has 0 aliphatic carbocycles. The molecule has 2 heterocycles. The quantitative estimate of drug-likeness (QED) is 0.657. The first kappa shape index (κ1) is 13.8. The summed E-state index contributed by atoms with van der Waals surface area (Å²) in [4.78, 5) is 24.1. The van der Waals surface area contributed by atoms with Crippen molar-refractivity contribution in [3.63, 3.8) is 0 Å². The van der Waals surface area contributed by atoms with Crippen LogP contribution in [0, 0.1) is 10.1 Å². The standard InChI is InChI=1S/C14H16N2O5/c1-8-14(18)13(15-6-2-3-12(15)17)10-7-9(16(19)20)4-5-11(10)21-8/h4-5,7-8,13-14,18H,2-3,6H2,1H3/t8?,13-,14-/m0/s1. The Hall–Kier alpha value is -2.15. The number of carbonyl (C=O) groups excluding carboxylic acids is 1. The molecular formula is C14H16N2O5. The molecule has 1 amide bonds. The van der Waals surface area contributed by atoms with E-state index in [-0.39, 0.29) is 11.6 Å². The number of rotatable bonds is 2. The lowest BCUT2D eigenvalue weighted by atomic mass is 9.92. The Kier molecular flexibility index (Phi) is 3.29. The first-order valence-corrected chi connectivity index (χ1v) is 6.91. The molecule has 0 radical (unpaired) electrons. The number of amides is 1. The van der Waals surface area contributed by atoms with E-state index >= 15 is 0 Å². The van der Waals surface area contributed by atoms with E-state index in [4.69, 9.17) is 4.74 Å². The van der Waals surface area contributed by atoms with Crippen LogP contribution in [-0.2, 0) is 4.79 Å². The van der Waals surface area contributed by atoms with Crippen molar-refractivity contribution in [3.8, 4) is 5.75 Å². The van der Waals surface area contributed by atoms with Crippen molar-refractivity contribution in [1.82, 2.24) is 4.90 Å². The van der Waals surface area contributed by atoms with Crippen LogP contribution in [0.2, 0.25) is 0 Å². The predicted octanol–water partition coefficient (Wildman–Crippen LogP) is 1.40. The second-order valence-electron chi connectivity index (χ2n) is 5.43. The molecule has 0 spiro atoms. The van der Waals surface area contributed by atoms with E-state index in [1.54, 1.807) is 11.8 Å². The molecule has 1 saturated heterocycles. The third-order valence-electron chi connectivity index (χ3n) is 4.09. The average Bonchev–Trinajstić information content (AvgIpc) is 2.86. The fraction of sp³-hybridized carbons (Fsp3) is 0.500. The maximum absolute atomic E-state index is 12.0. The van der Waals surface area contributed by atoms with E-state index in [1.807, 2.05) is 0 Å². The van der Waals surface area contributed by atoms with Crippen molar-refractivity contribution in [2.75, 3.05) is 6.54 Å². The molecule has 2 aliphatic rings. The minimum absolute atomic E-state index is 0.0365. The van der Waals surface area contributed by atoms with Gasteiger partial charge in [-0.1, -0.05) is 0 Å². The van der Waals surface area contributed by atoms with Crippen molar-refractivity contribution in [2.24, 2.45) is 0 Å². The van der Waals surface area contributed by atoms with Gasteiger partial charge < -0.3 is 14.7 Å². The van der Waals surface area contributed by atoms with Crippen LogP contribution < -0.4 is 4.74 Å². The molecule has 112 valence electrons. The van der Waals surface area contributed by atoms with Crippen LogP contribution in [0.1, 0.15) is 31.4 Å². The molecule has 0 bridgehead atoms. The molecule has 0 aromatic heterocycles. The van der Waals surface area contributed by atoms with E-state index in [0.29, 0.717) is 24.3 Å². The molecule has 2 aliphatic heterocycles. The van der Waals surface area contributed by atoms with Gasteiger partial charge in [0, 0.05) is 30.7 Å². The van der Waals surface area contributed by atoms with E-state index in [1.165, 1.54) is 18.2 Å². The van der Waals surface area contributed by atoms with E-state index in [9.17, 15) is 20.0 Å². The van der Waals surface area contributed by atoms with Crippen LogP contribution in [0.3, 0.4) is 0 Å². The first-order valence-electron chi connectivity index (χ1n) is 6.91. The van der Waals surface area contributed by atoms with Crippen LogP contribution in [0.25, 0.3) is 0 Å². The number of nitrogens with zero attached hydrogens (tertiary/aromatic N) is 2. The normalized spacial score (nSPS) is 28.2. The van der Waals surface area contributed by atoms with Gasteiger partial charge in [-0.05, 0) is 19.4 Å². The van der Waals surface area contributed by atoms with Gasteiger partial charge >= 0.3 is 0 Å². The average molecular weight is 292 g/mol. The Bertz CT molecular complexity index is 603. The van der Waals surface area contributed by atoms with Crippen LogP contribution >= 0.6 is 0 Å². The summed E-state index contributed by atoms with van der Waals surface area (Å²) in [6, 6.07) is 3.70. The highest BCUT2D eigenvalue weighted by atomic mass is 16.6. The van der Waals surface area contributed by atoms with Crippen LogP contribution in [0.4, 0.5) is 5.69 Å². The van der Waals surface area contributed by atoms with Crippen LogP contribution in [-0.4, -0.2) is 39.6 Å². The second kappa shape index (κ2) is 5.00. The second-order valence-corrected chi connectivity index (χ2v) is 5.43. The Balaban J connectivity index is 2.08. The van der Waals surface area contributed by atoms with Gasteiger partial charge in [0.1, 0.15) is 18.0 Å². The number of likely N-dealkylation sites (tertiary alicyclic amines) is 1. The number of hydrogen-bond donors (Lipinski definition) is 1. The third kappa shape index (κ3) is 2.23. The largest absolute Gasteiger partial charge is 0.488 e.